The van der Waals surface area contributed by atoms with Crippen molar-refractivity contribution in [3.63, 3.8) is 0 Å². The second kappa shape index (κ2) is 8.29. The van der Waals surface area contributed by atoms with Crippen molar-refractivity contribution in [1.82, 2.24) is 25.0 Å². The fraction of sp³-hybridized carbons (Fsp3) is 0.667. The molecule has 2 aromatic rings. The standard InChI is InChI=1S/C18H28N6S/c1-2-11-23(12-3-1)17-20-21-18(25-17)24-13-6-7-16(24)15-19-8-14-22-9-4-5-10-22/h6-7,13,19H,1-5,8-12,14-15H2. The number of aromatic nitrogens is 3. The lowest BCUT2D eigenvalue weighted by molar-refractivity contribution is 0.335. The highest BCUT2D eigenvalue weighted by atomic mass is 32.1. The summed E-state index contributed by atoms with van der Waals surface area (Å²) in [7, 11) is 0. The molecule has 2 aromatic heterocycles. The Morgan fingerprint density at radius 1 is 0.960 bits per heavy atom. The van der Waals surface area contributed by atoms with Gasteiger partial charge in [0.2, 0.25) is 10.3 Å². The Morgan fingerprint density at radius 2 is 1.72 bits per heavy atom. The molecule has 2 fully saturated rings. The van der Waals surface area contributed by atoms with Gasteiger partial charge < -0.3 is 15.1 Å². The van der Waals surface area contributed by atoms with Crippen LogP contribution in [-0.2, 0) is 6.54 Å². The minimum Gasteiger partial charge on any atom is -0.347 e. The van der Waals surface area contributed by atoms with Gasteiger partial charge in [-0.15, -0.1) is 10.2 Å². The summed E-state index contributed by atoms with van der Waals surface area (Å²) in [6.07, 6.45) is 8.69. The van der Waals surface area contributed by atoms with Gasteiger partial charge in [-0.25, -0.2) is 0 Å². The van der Waals surface area contributed by atoms with Crippen LogP contribution in [0.5, 0.6) is 0 Å². The van der Waals surface area contributed by atoms with Gasteiger partial charge in [0.05, 0.1) is 0 Å². The number of nitrogens with one attached hydrogen (secondary N) is 1. The molecule has 0 spiro atoms. The maximum Gasteiger partial charge on any atom is 0.218 e. The van der Waals surface area contributed by atoms with Crippen LogP contribution in [0, 0.1) is 0 Å². The zero-order valence-corrected chi connectivity index (χ0v) is 15.7. The zero-order valence-electron chi connectivity index (χ0n) is 14.9. The Balaban J connectivity index is 1.33. The highest BCUT2D eigenvalue weighted by molar-refractivity contribution is 7.17. The second-order valence-electron chi connectivity index (χ2n) is 7.01. The molecular weight excluding hydrogens is 332 g/mol. The van der Waals surface area contributed by atoms with E-state index in [4.69, 9.17) is 0 Å². The average Bonchev–Trinajstić information content (AvgIpc) is 3.40. The molecule has 136 valence electrons. The summed E-state index contributed by atoms with van der Waals surface area (Å²) in [5.41, 5.74) is 1.25. The molecule has 1 N–H and O–H groups in total. The molecule has 7 heteroatoms. The van der Waals surface area contributed by atoms with Crippen molar-refractivity contribution in [3.05, 3.63) is 24.0 Å². The van der Waals surface area contributed by atoms with Crippen molar-refractivity contribution < 1.29 is 0 Å². The van der Waals surface area contributed by atoms with Gasteiger partial charge >= 0.3 is 0 Å². The highest BCUT2D eigenvalue weighted by Gasteiger charge is 2.17. The Kier molecular flexibility index (Phi) is 5.64. The fourth-order valence-electron chi connectivity index (χ4n) is 3.73. The van der Waals surface area contributed by atoms with Gasteiger partial charge in [0, 0.05) is 44.6 Å². The molecule has 25 heavy (non-hydrogen) atoms. The summed E-state index contributed by atoms with van der Waals surface area (Å²) in [4.78, 5) is 4.92. The van der Waals surface area contributed by atoms with E-state index in [1.807, 2.05) is 0 Å². The quantitative estimate of drug-likeness (QED) is 0.769. The van der Waals surface area contributed by atoms with E-state index >= 15 is 0 Å². The predicted octanol–water partition coefficient (Wildman–Crippen LogP) is 2.50. The van der Waals surface area contributed by atoms with Crippen molar-refractivity contribution >= 4 is 16.5 Å². The van der Waals surface area contributed by atoms with Crippen LogP contribution in [0.4, 0.5) is 5.13 Å². The van der Waals surface area contributed by atoms with E-state index in [-0.39, 0.29) is 0 Å². The molecule has 6 nitrogen and oxygen atoms in total. The van der Waals surface area contributed by atoms with Gasteiger partial charge in [-0.2, -0.15) is 0 Å². The smallest absolute Gasteiger partial charge is 0.218 e. The first-order valence-electron chi connectivity index (χ1n) is 9.58. The van der Waals surface area contributed by atoms with Gasteiger partial charge in [-0.1, -0.05) is 11.3 Å². The summed E-state index contributed by atoms with van der Waals surface area (Å²) in [5.74, 6) is 0. The monoisotopic (exact) mass is 360 g/mol. The Hall–Kier alpha value is -1.44. The lowest BCUT2D eigenvalue weighted by Crippen LogP contribution is -2.30. The van der Waals surface area contributed by atoms with Crippen LogP contribution in [0.1, 0.15) is 37.8 Å². The minimum atomic E-state index is 0.874. The van der Waals surface area contributed by atoms with Crippen molar-refractivity contribution in [2.45, 2.75) is 38.6 Å². The van der Waals surface area contributed by atoms with Crippen molar-refractivity contribution in [2.75, 3.05) is 44.2 Å². The molecule has 0 unspecified atom stereocenters. The summed E-state index contributed by atoms with van der Waals surface area (Å²) in [5, 5.41) is 14.5. The predicted molar refractivity (Wildman–Crippen MR) is 103 cm³/mol. The molecule has 2 aliphatic heterocycles. The number of rotatable bonds is 7. The van der Waals surface area contributed by atoms with E-state index in [0.717, 1.165) is 43.0 Å². The van der Waals surface area contributed by atoms with Crippen LogP contribution < -0.4 is 10.2 Å². The number of hydrogen-bond acceptors (Lipinski definition) is 6. The van der Waals surface area contributed by atoms with E-state index < -0.39 is 0 Å². The number of nitrogens with zero attached hydrogens (tertiary/aromatic N) is 5. The molecule has 0 radical (unpaired) electrons. The molecule has 4 rings (SSSR count). The van der Waals surface area contributed by atoms with E-state index in [1.165, 1.54) is 50.9 Å². The van der Waals surface area contributed by atoms with E-state index in [9.17, 15) is 0 Å². The van der Waals surface area contributed by atoms with Crippen molar-refractivity contribution in [2.24, 2.45) is 0 Å². The average molecular weight is 361 g/mol. The fourth-order valence-corrected chi connectivity index (χ4v) is 4.64. The Labute approximate surface area is 153 Å². The maximum atomic E-state index is 4.44. The van der Waals surface area contributed by atoms with Crippen LogP contribution in [0.25, 0.3) is 5.13 Å². The first-order valence-corrected chi connectivity index (χ1v) is 10.4. The summed E-state index contributed by atoms with van der Waals surface area (Å²) < 4.78 is 2.17. The molecular formula is C18H28N6S. The van der Waals surface area contributed by atoms with Crippen LogP contribution in [-0.4, -0.2) is 58.9 Å². The first kappa shape index (κ1) is 17.0. The number of likely N-dealkylation sites (tertiary alicyclic amines) is 1. The summed E-state index contributed by atoms with van der Waals surface area (Å²) in [6.45, 7) is 7.83. The first-order chi connectivity index (χ1) is 12.4. The van der Waals surface area contributed by atoms with Crippen LogP contribution in [0.15, 0.2) is 18.3 Å². The normalized spacial score (nSPS) is 19.0. The zero-order chi connectivity index (χ0) is 16.9. The van der Waals surface area contributed by atoms with Gasteiger partial charge in [-0.3, -0.25) is 4.57 Å². The molecule has 0 aromatic carbocycles. The number of piperidine rings is 1. The van der Waals surface area contributed by atoms with Crippen LogP contribution >= 0.6 is 11.3 Å². The van der Waals surface area contributed by atoms with Gasteiger partial charge in [0.25, 0.3) is 0 Å². The summed E-state index contributed by atoms with van der Waals surface area (Å²) in [6, 6.07) is 4.27. The molecule has 2 aliphatic rings. The van der Waals surface area contributed by atoms with Crippen molar-refractivity contribution in [3.8, 4) is 5.13 Å². The SMILES string of the molecule is c1cc(CNCCN2CCCC2)n(-c2nnc(N3CCCCC3)s2)c1. The third-order valence-electron chi connectivity index (χ3n) is 5.18. The Morgan fingerprint density at radius 3 is 2.56 bits per heavy atom. The molecule has 0 aliphatic carbocycles. The third-order valence-corrected chi connectivity index (χ3v) is 6.16. The van der Waals surface area contributed by atoms with Crippen LogP contribution in [0.3, 0.4) is 0 Å². The number of hydrogen-bond donors (Lipinski definition) is 1. The molecule has 0 saturated carbocycles. The molecule has 4 heterocycles. The molecule has 0 amide bonds. The van der Waals surface area contributed by atoms with E-state index in [0.29, 0.717) is 0 Å². The molecule has 2 saturated heterocycles. The largest absolute Gasteiger partial charge is 0.347 e. The number of anilines is 1. The van der Waals surface area contributed by atoms with E-state index in [2.05, 4.69) is 48.2 Å². The lowest BCUT2D eigenvalue weighted by atomic mass is 10.1. The third kappa shape index (κ3) is 4.22. The summed E-state index contributed by atoms with van der Waals surface area (Å²) >= 11 is 1.70. The molecule has 0 bridgehead atoms. The van der Waals surface area contributed by atoms with E-state index in [1.54, 1.807) is 11.3 Å². The van der Waals surface area contributed by atoms with Gasteiger partial charge in [0.1, 0.15) is 0 Å². The topological polar surface area (TPSA) is 49.2 Å². The van der Waals surface area contributed by atoms with Gasteiger partial charge in [0.15, 0.2) is 0 Å². The lowest BCUT2D eigenvalue weighted by Gasteiger charge is -2.25. The molecule has 0 atom stereocenters. The second-order valence-corrected chi connectivity index (χ2v) is 7.94. The van der Waals surface area contributed by atoms with Crippen LogP contribution in [0.2, 0.25) is 0 Å². The van der Waals surface area contributed by atoms with Gasteiger partial charge in [-0.05, 0) is 57.3 Å². The maximum absolute atomic E-state index is 4.44. The highest BCUT2D eigenvalue weighted by Crippen LogP contribution is 2.26. The van der Waals surface area contributed by atoms with Crippen molar-refractivity contribution in [1.29, 1.82) is 0 Å². The minimum absolute atomic E-state index is 0.874. The Bertz CT molecular complexity index is 654.